The molecule has 2 bridgehead atoms. The topological polar surface area (TPSA) is 106 Å². The Kier molecular flexibility index (Phi) is 3.64. The molecule has 6 aliphatic rings. The third kappa shape index (κ3) is 2.14. The van der Waals surface area contributed by atoms with Crippen molar-refractivity contribution in [3.05, 3.63) is 47.5 Å². The van der Waals surface area contributed by atoms with E-state index in [1.54, 1.807) is 26.4 Å². The van der Waals surface area contributed by atoms with Gasteiger partial charge in [0.1, 0.15) is 17.3 Å². The Bertz CT molecular complexity index is 1100. The maximum Gasteiger partial charge on any atom is 0.345 e. The molecule has 0 radical (unpaired) electrons. The van der Waals surface area contributed by atoms with Crippen LogP contribution in [0.1, 0.15) is 64.5 Å². The van der Waals surface area contributed by atoms with Gasteiger partial charge in [0.15, 0.2) is 0 Å². The standard InChI is InChI=1S/C25H28O7/c1-14-9-25(29)20(27)32-21(2,3)17(14)11-23(25,28)10-16-5-4-7-22-13-24(16,22)19(26)31-18(22)15-6-8-30-12-15/h5-6,8-9,12,17-18,28-29H,4,7,10-11,13H2,1-3H3/t17-,18+,22-,23-,24-,25-/m1/s1. The van der Waals surface area contributed by atoms with Crippen LogP contribution in [0.3, 0.4) is 0 Å². The fourth-order valence-electron chi connectivity index (χ4n) is 7.22. The molecule has 0 unspecified atom stereocenters. The SMILES string of the molecule is CC1=C[C@@]2(O)C(=O)OC(C)(C)[C@@H]1C[C@]2(O)CC1=CCC[C@]23C[C@]12C(=O)O[C@H]3c1ccoc1. The van der Waals surface area contributed by atoms with Crippen molar-refractivity contribution >= 4 is 11.9 Å². The van der Waals surface area contributed by atoms with E-state index >= 15 is 0 Å². The van der Waals surface area contributed by atoms with Crippen LogP contribution in [0.4, 0.5) is 0 Å². The molecule has 170 valence electrons. The van der Waals surface area contributed by atoms with Crippen molar-refractivity contribution in [1.29, 1.82) is 0 Å². The number of furan rings is 1. The van der Waals surface area contributed by atoms with Crippen molar-refractivity contribution in [3.8, 4) is 0 Å². The predicted octanol–water partition coefficient (Wildman–Crippen LogP) is 3.13. The minimum atomic E-state index is -2.17. The number of ether oxygens (including phenoxy) is 2. The number of carbonyl (C=O) groups is 2. The molecule has 0 amide bonds. The molecule has 3 aliphatic carbocycles. The van der Waals surface area contributed by atoms with E-state index in [1.165, 1.54) is 6.08 Å². The number of allylic oxidation sites excluding steroid dienone is 1. The van der Waals surface area contributed by atoms with Crippen LogP contribution in [-0.2, 0) is 19.1 Å². The van der Waals surface area contributed by atoms with Crippen LogP contribution in [0.2, 0.25) is 0 Å². The highest BCUT2D eigenvalue weighted by atomic mass is 16.6. The normalized spacial score (nSPS) is 45.8. The van der Waals surface area contributed by atoms with E-state index in [0.717, 1.165) is 29.6 Å². The monoisotopic (exact) mass is 440 g/mol. The summed E-state index contributed by atoms with van der Waals surface area (Å²) in [7, 11) is 0. The Morgan fingerprint density at radius 1 is 1.19 bits per heavy atom. The summed E-state index contributed by atoms with van der Waals surface area (Å²) in [4.78, 5) is 26.2. The van der Waals surface area contributed by atoms with Crippen LogP contribution in [-0.4, -0.2) is 39.0 Å². The summed E-state index contributed by atoms with van der Waals surface area (Å²) in [5.74, 6) is -1.37. The molecule has 7 nitrogen and oxygen atoms in total. The number of carbonyl (C=O) groups excluding carboxylic acids is 2. The fourth-order valence-corrected chi connectivity index (χ4v) is 7.22. The first-order valence-electron chi connectivity index (χ1n) is 11.3. The quantitative estimate of drug-likeness (QED) is 0.549. The number of rotatable bonds is 3. The molecule has 2 N–H and O–H groups in total. The van der Waals surface area contributed by atoms with E-state index in [-0.39, 0.29) is 36.2 Å². The first-order chi connectivity index (χ1) is 15.0. The Labute approximate surface area is 186 Å². The van der Waals surface area contributed by atoms with Crippen LogP contribution in [0.15, 0.2) is 46.3 Å². The number of hydrogen-bond acceptors (Lipinski definition) is 7. The van der Waals surface area contributed by atoms with Crippen molar-refractivity contribution in [2.45, 2.75) is 75.8 Å². The Hall–Kier alpha value is -2.38. The Morgan fingerprint density at radius 3 is 2.69 bits per heavy atom. The number of fused-ring (bicyclic) bond motifs is 3. The fraction of sp³-hybridized carbons (Fsp3) is 0.600. The zero-order valence-electron chi connectivity index (χ0n) is 18.5. The van der Waals surface area contributed by atoms with E-state index < -0.39 is 28.2 Å². The van der Waals surface area contributed by atoms with Crippen molar-refractivity contribution in [1.82, 2.24) is 0 Å². The second kappa shape index (κ2) is 5.75. The van der Waals surface area contributed by atoms with Crippen LogP contribution in [0.25, 0.3) is 0 Å². The van der Waals surface area contributed by atoms with Gasteiger partial charge in [0.2, 0.25) is 5.60 Å². The molecule has 0 aromatic carbocycles. The van der Waals surface area contributed by atoms with Gasteiger partial charge in [0.05, 0.1) is 17.9 Å². The summed E-state index contributed by atoms with van der Waals surface area (Å²) >= 11 is 0. The molecule has 2 saturated heterocycles. The summed E-state index contributed by atoms with van der Waals surface area (Å²) in [6.45, 7) is 5.46. The second-order valence-corrected chi connectivity index (χ2v) is 11.0. The zero-order valence-corrected chi connectivity index (χ0v) is 18.5. The smallest absolute Gasteiger partial charge is 0.345 e. The number of esters is 2. The van der Waals surface area contributed by atoms with Gasteiger partial charge in [-0.15, -0.1) is 0 Å². The maximum atomic E-state index is 13.2. The molecular formula is C25H28O7. The molecular weight excluding hydrogens is 412 g/mol. The van der Waals surface area contributed by atoms with Crippen molar-refractivity contribution < 1.29 is 33.7 Å². The van der Waals surface area contributed by atoms with Gasteiger partial charge in [-0.3, -0.25) is 4.79 Å². The first-order valence-corrected chi connectivity index (χ1v) is 11.3. The average Bonchev–Trinajstić information content (AvgIpc) is 3.05. The summed E-state index contributed by atoms with van der Waals surface area (Å²) in [6.07, 6.45) is 8.64. The molecule has 3 aliphatic heterocycles. The van der Waals surface area contributed by atoms with Gasteiger partial charge in [-0.25, -0.2) is 4.79 Å². The minimum Gasteiger partial charge on any atom is -0.472 e. The van der Waals surface area contributed by atoms with Crippen LogP contribution in [0.5, 0.6) is 0 Å². The largest absolute Gasteiger partial charge is 0.472 e. The summed E-state index contributed by atoms with van der Waals surface area (Å²) < 4.78 is 16.7. The molecule has 1 saturated carbocycles. The molecule has 3 fully saturated rings. The lowest BCUT2D eigenvalue weighted by atomic mass is 9.62. The number of aliphatic hydroxyl groups is 2. The number of hydrogen-bond donors (Lipinski definition) is 2. The summed E-state index contributed by atoms with van der Waals surface area (Å²) in [5, 5.41) is 23.3. The summed E-state index contributed by atoms with van der Waals surface area (Å²) in [5.41, 5.74) is -3.55. The van der Waals surface area contributed by atoms with E-state index in [4.69, 9.17) is 13.9 Å². The van der Waals surface area contributed by atoms with E-state index in [9.17, 15) is 19.8 Å². The Morgan fingerprint density at radius 2 is 1.97 bits per heavy atom. The van der Waals surface area contributed by atoms with Gasteiger partial charge >= 0.3 is 11.9 Å². The highest BCUT2D eigenvalue weighted by Crippen LogP contribution is 2.82. The zero-order chi connectivity index (χ0) is 22.7. The van der Waals surface area contributed by atoms with Crippen LogP contribution in [0, 0.1) is 16.7 Å². The van der Waals surface area contributed by atoms with Gasteiger partial charge in [-0.1, -0.05) is 17.2 Å². The van der Waals surface area contributed by atoms with Gasteiger partial charge < -0.3 is 24.1 Å². The van der Waals surface area contributed by atoms with Gasteiger partial charge in [0.25, 0.3) is 0 Å². The van der Waals surface area contributed by atoms with Crippen molar-refractivity contribution in [2.75, 3.05) is 0 Å². The maximum absolute atomic E-state index is 13.2. The summed E-state index contributed by atoms with van der Waals surface area (Å²) in [6, 6.07) is 1.82. The van der Waals surface area contributed by atoms with E-state index in [0.29, 0.717) is 6.42 Å². The van der Waals surface area contributed by atoms with E-state index in [1.807, 2.05) is 19.1 Å². The Balaban J connectivity index is 1.39. The molecule has 1 aromatic heterocycles. The lowest BCUT2D eigenvalue weighted by Gasteiger charge is -2.45. The lowest BCUT2D eigenvalue weighted by molar-refractivity contribution is -0.187. The predicted molar refractivity (Wildman–Crippen MR) is 111 cm³/mol. The minimum absolute atomic E-state index is 0.0178. The molecule has 7 rings (SSSR count). The molecule has 32 heavy (non-hydrogen) atoms. The highest BCUT2D eigenvalue weighted by Gasteiger charge is 2.83. The van der Waals surface area contributed by atoms with Gasteiger partial charge in [0, 0.05) is 23.3 Å². The van der Waals surface area contributed by atoms with Crippen molar-refractivity contribution in [3.63, 3.8) is 0 Å². The van der Waals surface area contributed by atoms with Gasteiger partial charge in [-0.05, 0) is 58.6 Å². The van der Waals surface area contributed by atoms with Crippen molar-refractivity contribution in [2.24, 2.45) is 16.7 Å². The molecule has 7 heteroatoms. The molecule has 1 aromatic rings. The first kappa shape index (κ1) is 20.2. The number of cyclic esters (lactones) is 1. The molecule has 0 spiro atoms. The van der Waals surface area contributed by atoms with Gasteiger partial charge in [-0.2, -0.15) is 0 Å². The third-order valence-electron chi connectivity index (χ3n) is 8.98. The van der Waals surface area contributed by atoms with Crippen LogP contribution < -0.4 is 0 Å². The second-order valence-electron chi connectivity index (χ2n) is 11.0. The van der Waals surface area contributed by atoms with Crippen LogP contribution >= 0.6 is 0 Å². The average molecular weight is 440 g/mol. The third-order valence-corrected chi connectivity index (χ3v) is 8.98. The highest BCUT2D eigenvalue weighted by molar-refractivity contribution is 5.91. The molecule has 6 atom stereocenters. The lowest BCUT2D eigenvalue weighted by Crippen LogP contribution is -2.60. The van der Waals surface area contributed by atoms with E-state index in [2.05, 4.69) is 0 Å². The molecule has 4 heterocycles.